The van der Waals surface area contributed by atoms with Gasteiger partial charge in [0.05, 0.1) is 6.42 Å². The molecular weight excluding hydrogens is 278 g/mol. The van der Waals surface area contributed by atoms with Gasteiger partial charge in [0.25, 0.3) is 0 Å². The zero-order chi connectivity index (χ0) is 15.7. The number of aryl methyl sites for hydroxylation is 2. The molecule has 0 aromatic heterocycles. The molecule has 0 unspecified atom stereocenters. The van der Waals surface area contributed by atoms with Crippen LogP contribution in [0.1, 0.15) is 16.7 Å². The van der Waals surface area contributed by atoms with E-state index in [-0.39, 0.29) is 11.9 Å². The molecule has 0 radical (unpaired) electrons. The summed E-state index contributed by atoms with van der Waals surface area (Å²) in [6, 6.07) is 10.8. The van der Waals surface area contributed by atoms with Crippen LogP contribution in [0.2, 0.25) is 0 Å². The highest BCUT2D eigenvalue weighted by molar-refractivity contribution is 6.02. The van der Waals surface area contributed by atoms with Gasteiger partial charge in [-0.2, -0.15) is 0 Å². The zero-order valence-electron chi connectivity index (χ0n) is 12.5. The topological polar surface area (TPSA) is 70.2 Å². The van der Waals surface area contributed by atoms with Crippen LogP contribution in [0.5, 0.6) is 0 Å². The number of carbonyl (C=O) groups excluding carboxylic acids is 2. The molecular formula is C17H17N3O2. The van der Waals surface area contributed by atoms with Crippen LogP contribution in [0.3, 0.4) is 0 Å². The lowest BCUT2D eigenvalue weighted by Gasteiger charge is -2.10. The van der Waals surface area contributed by atoms with Crippen molar-refractivity contribution in [2.45, 2.75) is 20.3 Å². The van der Waals surface area contributed by atoms with Crippen LogP contribution in [-0.2, 0) is 11.2 Å². The molecule has 0 saturated heterocycles. The van der Waals surface area contributed by atoms with Crippen LogP contribution in [0, 0.1) is 13.8 Å². The van der Waals surface area contributed by atoms with Gasteiger partial charge in [-0.1, -0.05) is 6.07 Å². The Morgan fingerprint density at radius 2 is 1.68 bits per heavy atom. The second-order valence-electron chi connectivity index (χ2n) is 5.48. The first-order valence-corrected chi connectivity index (χ1v) is 7.09. The fourth-order valence-corrected chi connectivity index (χ4v) is 2.42. The van der Waals surface area contributed by atoms with Crippen molar-refractivity contribution in [1.82, 2.24) is 0 Å². The molecule has 3 N–H and O–H groups in total. The molecule has 3 rings (SSSR count). The molecule has 3 amide bonds. The third-order valence-electron chi connectivity index (χ3n) is 3.75. The second kappa shape index (κ2) is 5.52. The van der Waals surface area contributed by atoms with Gasteiger partial charge >= 0.3 is 6.03 Å². The summed E-state index contributed by atoms with van der Waals surface area (Å²) in [6.07, 6.45) is 0.351. The van der Waals surface area contributed by atoms with Crippen molar-refractivity contribution in [2.75, 3.05) is 16.0 Å². The monoisotopic (exact) mass is 295 g/mol. The van der Waals surface area contributed by atoms with Crippen LogP contribution >= 0.6 is 0 Å². The number of hydrogen-bond acceptors (Lipinski definition) is 2. The van der Waals surface area contributed by atoms with E-state index in [0.717, 1.165) is 22.5 Å². The van der Waals surface area contributed by atoms with Crippen LogP contribution in [0.15, 0.2) is 36.4 Å². The summed E-state index contributed by atoms with van der Waals surface area (Å²) >= 11 is 0. The summed E-state index contributed by atoms with van der Waals surface area (Å²) in [5.41, 5.74) is 5.43. The van der Waals surface area contributed by atoms with Crippen molar-refractivity contribution < 1.29 is 9.59 Å². The quantitative estimate of drug-likeness (QED) is 0.794. The fourth-order valence-electron chi connectivity index (χ4n) is 2.42. The average molecular weight is 295 g/mol. The summed E-state index contributed by atoms with van der Waals surface area (Å²) in [7, 11) is 0. The van der Waals surface area contributed by atoms with Crippen molar-refractivity contribution in [1.29, 1.82) is 0 Å². The molecule has 112 valence electrons. The van der Waals surface area contributed by atoms with Crippen LogP contribution in [-0.4, -0.2) is 11.9 Å². The highest BCUT2D eigenvalue weighted by Gasteiger charge is 2.17. The maximum absolute atomic E-state index is 12.0. The summed E-state index contributed by atoms with van der Waals surface area (Å²) < 4.78 is 0. The van der Waals surface area contributed by atoms with Crippen molar-refractivity contribution >= 4 is 29.0 Å². The number of rotatable bonds is 2. The normalized spacial score (nSPS) is 12.5. The smallest absolute Gasteiger partial charge is 0.323 e. The Hall–Kier alpha value is -2.82. The molecule has 0 atom stereocenters. The van der Waals surface area contributed by atoms with E-state index >= 15 is 0 Å². The van der Waals surface area contributed by atoms with Gasteiger partial charge in [-0.15, -0.1) is 0 Å². The zero-order valence-corrected chi connectivity index (χ0v) is 12.5. The number of urea groups is 1. The Morgan fingerprint density at radius 3 is 2.41 bits per heavy atom. The van der Waals surface area contributed by atoms with Crippen molar-refractivity contribution in [2.24, 2.45) is 0 Å². The van der Waals surface area contributed by atoms with Gasteiger partial charge in [0, 0.05) is 17.1 Å². The molecule has 5 nitrogen and oxygen atoms in total. The van der Waals surface area contributed by atoms with Gasteiger partial charge in [0.1, 0.15) is 0 Å². The number of hydrogen-bond donors (Lipinski definition) is 3. The molecule has 0 saturated carbocycles. The van der Waals surface area contributed by atoms with Gasteiger partial charge in [-0.25, -0.2) is 4.79 Å². The van der Waals surface area contributed by atoms with E-state index in [0.29, 0.717) is 12.1 Å². The lowest BCUT2D eigenvalue weighted by molar-refractivity contribution is -0.115. The highest BCUT2D eigenvalue weighted by atomic mass is 16.2. The SMILES string of the molecule is Cc1ccc(NC(=O)Nc2ccc3c(c2)CC(=O)N3)cc1C. The Labute approximate surface area is 128 Å². The number of nitrogens with one attached hydrogen (secondary N) is 3. The minimum absolute atomic E-state index is 0.0215. The fraction of sp³-hybridized carbons (Fsp3) is 0.176. The molecule has 2 aromatic carbocycles. The third kappa shape index (κ3) is 2.93. The van der Waals surface area contributed by atoms with Gasteiger partial charge in [-0.3, -0.25) is 4.79 Å². The van der Waals surface area contributed by atoms with Gasteiger partial charge in [-0.05, 0) is 60.9 Å². The van der Waals surface area contributed by atoms with E-state index in [1.165, 1.54) is 5.56 Å². The summed E-state index contributed by atoms with van der Waals surface area (Å²) in [6.45, 7) is 4.03. The number of amides is 3. The van der Waals surface area contributed by atoms with Crippen molar-refractivity contribution in [3.8, 4) is 0 Å². The Bertz CT molecular complexity index is 768. The van der Waals surface area contributed by atoms with E-state index in [1.807, 2.05) is 38.1 Å². The maximum Gasteiger partial charge on any atom is 0.323 e. The first-order valence-electron chi connectivity index (χ1n) is 7.09. The Balaban J connectivity index is 1.68. The summed E-state index contributed by atoms with van der Waals surface area (Å²) in [4.78, 5) is 23.4. The predicted octanol–water partition coefficient (Wildman–Crippen LogP) is 3.44. The molecule has 0 spiro atoms. The molecule has 0 bridgehead atoms. The van der Waals surface area contributed by atoms with Gasteiger partial charge < -0.3 is 16.0 Å². The Kier molecular flexibility index (Phi) is 3.55. The van der Waals surface area contributed by atoms with Crippen molar-refractivity contribution in [3.63, 3.8) is 0 Å². The van der Waals surface area contributed by atoms with Crippen LogP contribution in [0.25, 0.3) is 0 Å². The average Bonchev–Trinajstić information content (AvgIpc) is 2.82. The molecule has 0 fully saturated rings. The molecule has 1 aliphatic heterocycles. The van der Waals surface area contributed by atoms with E-state index in [9.17, 15) is 9.59 Å². The summed E-state index contributed by atoms with van der Waals surface area (Å²) in [5.74, 6) is -0.0215. The number of carbonyl (C=O) groups is 2. The molecule has 2 aromatic rings. The minimum Gasteiger partial charge on any atom is -0.326 e. The largest absolute Gasteiger partial charge is 0.326 e. The number of anilines is 3. The highest BCUT2D eigenvalue weighted by Crippen LogP contribution is 2.26. The van der Waals surface area contributed by atoms with Gasteiger partial charge in [0.15, 0.2) is 0 Å². The predicted molar refractivity (Wildman–Crippen MR) is 87.3 cm³/mol. The second-order valence-corrected chi connectivity index (χ2v) is 5.48. The standard InChI is InChI=1S/C17H17N3O2/c1-10-3-4-13(7-11(10)2)18-17(22)19-14-5-6-15-12(8-14)9-16(21)20-15/h3-8H,9H2,1-2H3,(H,20,21)(H2,18,19,22). The Morgan fingerprint density at radius 1 is 1.00 bits per heavy atom. The van der Waals surface area contributed by atoms with E-state index < -0.39 is 0 Å². The molecule has 0 aliphatic carbocycles. The van der Waals surface area contributed by atoms with E-state index in [2.05, 4.69) is 16.0 Å². The minimum atomic E-state index is -0.305. The lowest BCUT2D eigenvalue weighted by Crippen LogP contribution is -2.19. The van der Waals surface area contributed by atoms with E-state index in [4.69, 9.17) is 0 Å². The number of fused-ring (bicyclic) bond motifs is 1. The summed E-state index contributed by atoms with van der Waals surface area (Å²) in [5, 5.41) is 8.34. The first-order chi connectivity index (χ1) is 10.5. The first kappa shape index (κ1) is 14.1. The third-order valence-corrected chi connectivity index (χ3v) is 3.75. The van der Waals surface area contributed by atoms with Crippen LogP contribution < -0.4 is 16.0 Å². The molecule has 22 heavy (non-hydrogen) atoms. The van der Waals surface area contributed by atoms with E-state index in [1.54, 1.807) is 12.1 Å². The maximum atomic E-state index is 12.0. The molecule has 5 heteroatoms. The van der Waals surface area contributed by atoms with Gasteiger partial charge in [0.2, 0.25) is 5.91 Å². The van der Waals surface area contributed by atoms with Crippen LogP contribution in [0.4, 0.5) is 21.9 Å². The molecule has 1 aliphatic rings. The number of benzene rings is 2. The molecule has 1 heterocycles. The lowest BCUT2D eigenvalue weighted by atomic mass is 10.1. The van der Waals surface area contributed by atoms with Crippen molar-refractivity contribution in [3.05, 3.63) is 53.1 Å².